The van der Waals surface area contributed by atoms with Crippen LogP contribution in [-0.2, 0) is 9.84 Å². The second-order valence-corrected chi connectivity index (χ2v) is 16.4. The Labute approximate surface area is 196 Å². The summed E-state index contributed by atoms with van der Waals surface area (Å²) in [6.45, 7) is 10.8. The number of methoxy groups -OCH3 is 2. The minimum Gasteiger partial charge on any atom is -0.497 e. The molecule has 0 bridgehead atoms. The largest absolute Gasteiger partial charge is 0.497 e. The van der Waals surface area contributed by atoms with E-state index < -0.39 is 23.2 Å². The average molecular weight is 473 g/mol. The van der Waals surface area contributed by atoms with Crippen LogP contribution in [0.15, 0.2) is 18.2 Å². The lowest BCUT2D eigenvalue weighted by atomic mass is 10.1. The van der Waals surface area contributed by atoms with E-state index in [1.165, 1.54) is 0 Å². The predicted octanol–water partition coefficient (Wildman–Crippen LogP) is 5.08. The Kier molecular flexibility index (Phi) is 10.4. The Hall–Kier alpha value is -2.33. The number of ether oxygens (including phenoxy) is 2. The number of hydrogen-bond acceptors (Lipinski definition) is 4. The van der Waals surface area contributed by atoms with E-state index in [1.807, 2.05) is 0 Å². The van der Waals surface area contributed by atoms with Gasteiger partial charge in [0.05, 0.1) is 19.8 Å². The van der Waals surface area contributed by atoms with Crippen molar-refractivity contribution in [1.82, 2.24) is 0 Å². The average Bonchev–Trinajstić information content (AvgIpc) is 2.71. The molecule has 0 aliphatic rings. The molecule has 0 amide bonds. The molecule has 0 N–H and O–H groups in total. The highest BCUT2D eigenvalue weighted by atomic mass is 32.2. The van der Waals surface area contributed by atoms with Crippen LogP contribution < -0.4 is 9.47 Å². The lowest BCUT2D eigenvalue weighted by Gasteiger charge is -2.31. The van der Waals surface area contributed by atoms with Crippen molar-refractivity contribution in [2.45, 2.75) is 69.8 Å². The van der Waals surface area contributed by atoms with E-state index in [0.29, 0.717) is 29.9 Å². The third kappa shape index (κ3) is 8.31. The monoisotopic (exact) mass is 472 g/mol. The minimum atomic E-state index is -3.53. The molecule has 0 radical (unpaired) electrons. The summed E-state index contributed by atoms with van der Waals surface area (Å²) in [7, 11) is -2.35. The van der Waals surface area contributed by atoms with Gasteiger partial charge in [0, 0.05) is 6.42 Å². The second-order valence-electron chi connectivity index (χ2n) is 9.26. The first-order valence-corrected chi connectivity index (χ1v) is 15.5. The maximum absolute atomic E-state index is 13.1. The maximum atomic E-state index is 13.1. The van der Waals surface area contributed by atoms with Gasteiger partial charge in [0.15, 0.2) is 9.84 Å². The van der Waals surface area contributed by atoms with E-state index in [2.05, 4.69) is 63.1 Å². The number of unbranched alkanes of at least 4 members (excludes halogenated alkanes) is 2. The number of hydrogen-bond donors (Lipinski definition) is 0. The van der Waals surface area contributed by atoms with Gasteiger partial charge >= 0.3 is 0 Å². The van der Waals surface area contributed by atoms with E-state index in [-0.39, 0.29) is 10.8 Å². The Balaban J connectivity index is 3.18. The highest BCUT2D eigenvalue weighted by molar-refractivity contribution is 7.92. The second kappa shape index (κ2) is 12.1. The molecule has 0 saturated carbocycles. The molecular formula is C26H36O4SSi. The highest BCUT2D eigenvalue weighted by Crippen LogP contribution is 2.35. The summed E-state index contributed by atoms with van der Waals surface area (Å²) in [5.74, 6) is 12.4. The summed E-state index contributed by atoms with van der Waals surface area (Å²) in [5, 5.41) is -0.684. The highest BCUT2D eigenvalue weighted by Gasteiger charge is 2.34. The molecule has 0 spiro atoms. The van der Waals surface area contributed by atoms with Crippen LogP contribution in [0.3, 0.4) is 0 Å². The summed E-state index contributed by atoms with van der Waals surface area (Å²) in [4.78, 5) is 0. The van der Waals surface area contributed by atoms with Crippen LogP contribution in [0.2, 0.25) is 18.1 Å². The van der Waals surface area contributed by atoms with Gasteiger partial charge in [-0.2, -0.15) is 0 Å². The predicted molar refractivity (Wildman–Crippen MR) is 136 cm³/mol. The molecule has 0 aromatic heterocycles. The Morgan fingerprint density at radius 1 is 1.12 bits per heavy atom. The van der Waals surface area contributed by atoms with E-state index in [0.717, 1.165) is 12.8 Å². The van der Waals surface area contributed by atoms with Crippen molar-refractivity contribution in [2.75, 3.05) is 20.0 Å². The van der Waals surface area contributed by atoms with Crippen LogP contribution in [0, 0.1) is 35.6 Å². The summed E-state index contributed by atoms with van der Waals surface area (Å²) >= 11 is 0. The minimum absolute atomic E-state index is 0.0561. The third-order valence-corrected chi connectivity index (χ3v) is 12.1. The fraction of sp³-hybridized carbons (Fsp3) is 0.538. The van der Waals surface area contributed by atoms with E-state index >= 15 is 0 Å². The van der Waals surface area contributed by atoms with E-state index in [9.17, 15) is 8.42 Å². The number of rotatable bonds is 8. The van der Waals surface area contributed by atoms with Crippen LogP contribution in [0.4, 0.5) is 0 Å². The number of benzene rings is 1. The van der Waals surface area contributed by atoms with Crippen molar-refractivity contribution >= 4 is 17.9 Å². The zero-order valence-electron chi connectivity index (χ0n) is 20.5. The van der Waals surface area contributed by atoms with Crippen LogP contribution >= 0.6 is 0 Å². The molecule has 4 nitrogen and oxygen atoms in total. The molecule has 1 atom stereocenters. The van der Waals surface area contributed by atoms with Crippen molar-refractivity contribution < 1.29 is 17.9 Å². The van der Waals surface area contributed by atoms with Crippen molar-refractivity contribution in [1.29, 1.82) is 0 Å². The van der Waals surface area contributed by atoms with Crippen LogP contribution in [0.5, 0.6) is 11.5 Å². The zero-order valence-corrected chi connectivity index (χ0v) is 22.3. The van der Waals surface area contributed by atoms with Crippen molar-refractivity contribution in [3.63, 3.8) is 0 Å². The molecule has 0 aliphatic carbocycles. The quantitative estimate of drug-likeness (QED) is 0.301. The topological polar surface area (TPSA) is 52.6 Å². The summed E-state index contributed by atoms with van der Waals surface area (Å²) < 4.78 is 36.8. The van der Waals surface area contributed by atoms with Gasteiger partial charge in [-0.1, -0.05) is 58.0 Å². The SMILES string of the molecule is C#CCCCCC(C#C[Si](C)(C)C(C)(C)C)S(=O)(=O)CC#Cc1cc(OC)ccc1OC. The number of sulfone groups is 1. The molecular weight excluding hydrogens is 436 g/mol. The molecule has 1 rings (SSSR count). The van der Waals surface area contributed by atoms with Crippen LogP contribution in [0.25, 0.3) is 0 Å². The lowest BCUT2D eigenvalue weighted by Crippen LogP contribution is -2.36. The van der Waals surface area contributed by atoms with Gasteiger partial charge in [-0.05, 0) is 36.1 Å². The summed E-state index contributed by atoms with van der Waals surface area (Å²) in [6.07, 6.45) is 7.95. The van der Waals surface area contributed by atoms with Gasteiger partial charge in [0.1, 0.15) is 30.6 Å². The molecule has 0 heterocycles. The normalized spacial score (nSPS) is 12.4. The smallest absolute Gasteiger partial charge is 0.175 e. The first-order valence-electron chi connectivity index (χ1n) is 10.8. The molecule has 0 aliphatic heterocycles. The van der Waals surface area contributed by atoms with Gasteiger partial charge in [-0.25, -0.2) is 8.42 Å². The summed E-state index contributed by atoms with van der Waals surface area (Å²) in [6, 6.07) is 5.24. The van der Waals surface area contributed by atoms with Gasteiger partial charge in [-0.15, -0.1) is 17.9 Å². The molecule has 1 aromatic carbocycles. The Morgan fingerprint density at radius 2 is 1.81 bits per heavy atom. The fourth-order valence-electron chi connectivity index (χ4n) is 2.59. The van der Waals surface area contributed by atoms with E-state index in [1.54, 1.807) is 32.4 Å². The molecule has 1 aromatic rings. The fourth-order valence-corrected chi connectivity index (χ4v) is 4.84. The van der Waals surface area contributed by atoms with Gasteiger partial charge in [0.2, 0.25) is 0 Å². The standard InChI is InChI=1S/C26H36O4SSi/c1-9-10-11-12-15-24(18-20-32(7,8)26(2,3)4)31(27,28)19-13-14-22-21-23(29-5)16-17-25(22)30-6/h1,16-17,21,24H,10-12,15,19H2,2-8H3. The Bertz CT molecular complexity index is 1040. The molecule has 32 heavy (non-hydrogen) atoms. The molecule has 174 valence electrons. The van der Waals surface area contributed by atoms with E-state index in [4.69, 9.17) is 15.9 Å². The molecule has 0 saturated heterocycles. The zero-order chi connectivity index (χ0) is 24.4. The van der Waals surface area contributed by atoms with Crippen molar-refractivity contribution in [3.05, 3.63) is 23.8 Å². The molecule has 6 heteroatoms. The molecule has 0 fully saturated rings. The van der Waals surface area contributed by atoms with Gasteiger partial charge in [0.25, 0.3) is 0 Å². The summed E-state index contributed by atoms with van der Waals surface area (Å²) in [5.41, 5.74) is 3.96. The molecule has 1 unspecified atom stereocenters. The van der Waals surface area contributed by atoms with Crippen LogP contribution in [-0.4, -0.2) is 41.7 Å². The first kappa shape index (κ1) is 27.7. The lowest BCUT2D eigenvalue weighted by molar-refractivity contribution is 0.402. The Morgan fingerprint density at radius 3 is 2.38 bits per heavy atom. The van der Waals surface area contributed by atoms with Crippen molar-refractivity contribution in [2.24, 2.45) is 0 Å². The van der Waals surface area contributed by atoms with Crippen LogP contribution in [0.1, 0.15) is 52.0 Å². The maximum Gasteiger partial charge on any atom is 0.175 e. The first-order chi connectivity index (χ1) is 14.9. The third-order valence-electron chi connectivity index (χ3n) is 5.79. The van der Waals surface area contributed by atoms with Gasteiger partial charge < -0.3 is 9.47 Å². The van der Waals surface area contributed by atoms with Crippen molar-refractivity contribution in [3.8, 4) is 47.1 Å². The number of terminal acetylenes is 1. The van der Waals surface area contributed by atoms with Gasteiger partial charge in [-0.3, -0.25) is 0 Å².